The molecule has 0 unspecified atom stereocenters. The third-order valence-electron chi connectivity index (χ3n) is 2.65. The molecule has 0 saturated heterocycles. The summed E-state index contributed by atoms with van der Waals surface area (Å²) in [5.41, 5.74) is 1.41. The van der Waals surface area contributed by atoms with E-state index in [0.29, 0.717) is 17.5 Å². The van der Waals surface area contributed by atoms with Gasteiger partial charge in [0, 0.05) is 24.5 Å². The van der Waals surface area contributed by atoms with Crippen LogP contribution in [-0.2, 0) is 13.5 Å². The molecule has 7 heteroatoms. The van der Waals surface area contributed by atoms with Gasteiger partial charge in [0.25, 0.3) is 5.91 Å². The molecule has 0 aliphatic carbocycles. The first kappa shape index (κ1) is 14.0. The van der Waals surface area contributed by atoms with Crippen molar-refractivity contribution in [3.8, 4) is 6.07 Å². The van der Waals surface area contributed by atoms with Gasteiger partial charge in [-0.25, -0.2) is 4.98 Å². The van der Waals surface area contributed by atoms with Gasteiger partial charge in [0.15, 0.2) is 5.82 Å². The third kappa shape index (κ3) is 2.95. The minimum atomic E-state index is -0.376. The first-order valence-corrected chi connectivity index (χ1v) is 6.32. The predicted molar refractivity (Wildman–Crippen MR) is 74.5 cm³/mol. The number of amides is 1. The van der Waals surface area contributed by atoms with Crippen LogP contribution in [0.1, 0.15) is 28.5 Å². The number of pyridine rings is 1. The molecule has 102 valence electrons. The second-order valence-corrected chi connectivity index (χ2v) is 4.54. The summed E-state index contributed by atoms with van der Waals surface area (Å²) in [5, 5.41) is 15.8. The van der Waals surface area contributed by atoms with Crippen LogP contribution in [0.3, 0.4) is 0 Å². The highest BCUT2D eigenvalue weighted by molar-refractivity contribution is 6.29. The summed E-state index contributed by atoms with van der Waals surface area (Å²) < 4.78 is 1.46. The molecule has 2 rings (SSSR count). The van der Waals surface area contributed by atoms with Gasteiger partial charge in [0.1, 0.15) is 16.8 Å². The van der Waals surface area contributed by atoms with Crippen molar-refractivity contribution < 1.29 is 4.79 Å². The summed E-state index contributed by atoms with van der Waals surface area (Å²) in [7, 11) is 1.68. The number of nitriles is 1. The highest BCUT2D eigenvalue weighted by Crippen LogP contribution is 2.15. The summed E-state index contributed by atoms with van der Waals surface area (Å²) in [4.78, 5) is 16.2. The molecule has 2 heterocycles. The number of carbonyl (C=O) groups excluding carboxylic acids is 1. The zero-order chi connectivity index (χ0) is 14.7. The van der Waals surface area contributed by atoms with E-state index in [9.17, 15) is 4.79 Å². The van der Waals surface area contributed by atoms with E-state index in [4.69, 9.17) is 16.9 Å². The van der Waals surface area contributed by atoms with Crippen LogP contribution in [0.4, 0.5) is 5.82 Å². The molecule has 0 fully saturated rings. The Hall–Kier alpha value is -2.39. The molecule has 0 aliphatic heterocycles. The van der Waals surface area contributed by atoms with Crippen LogP contribution in [0.15, 0.2) is 18.3 Å². The van der Waals surface area contributed by atoms with Crippen LogP contribution in [-0.4, -0.2) is 20.7 Å². The first-order chi connectivity index (χ1) is 9.53. The summed E-state index contributed by atoms with van der Waals surface area (Å²) in [5.74, 6) is -0.148. The van der Waals surface area contributed by atoms with Crippen molar-refractivity contribution in [2.75, 3.05) is 5.32 Å². The zero-order valence-electron chi connectivity index (χ0n) is 11.0. The van der Waals surface area contributed by atoms with Crippen LogP contribution in [0.5, 0.6) is 0 Å². The minimum absolute atomic E-state index is 0.228. The molecule has 2 aromatic heterocycles. The lowest BCUT2D eigenvalue weighted by Gasteiger charge is -2.05. The molecule has 1 amide bonds. The Kier molecular flexibility index (Phi) is 4.01. The van der Waals surface area contributed by atoms with Crippen LogP contribution in [0, 0.1) is 11.3 Å². The molecule has 0 aromatic carbocycles. The first-order valence-electron chi connectivity index (χ1n) is 5.95. The topological polar surface area (TPSA) is 83.6 Å². The standard InChI is InChI=1S/C13H12ClN5O/c1-3-10-4-8(5-11(14)16-10)13(20)17-12-9(6-15)7-19(2)18-12/h4-5,7H,3H2,1-2H3,(H,17,18,20). The minimum Gasteiger partial charge on any atom is -0.304 e. The van der Waals surface area contributed by atoms with Gasteiger partial charge in [0.2, 0.25) is 0 Å². The average Bonchev–Trinajstić information content (AvgIpc) is 2.77. The van der Waals surface area contributed by atoms with Gasteiger partial charge in [0.05, 0.1) is 0 Å². The SMILES string of the molecule is CCc1cc(C(=O)Nc2nn(C)cc2C#N)cc(Cl)n1. The fourth-order valence-corrected chi connectivity index (χ4v) is 1.93. The van der Waals surface area contributed by atoms with Crippen LogP contribution < -0.4 is 5.32 Å². The van der Waals surface area contributed by atoms with Gasteiger partial charge in [-0.15, -0.1) is 0 Å². The van der Waals surface area contributed by atoms with Gasteiger partial charge in [-0.05, 0) is 18.6 Å². The van der Waals surface area contributed by atoms with E-state index in [1.54, 1.807) is 13.1 Å². The molecule has 0 radical (unpaired) electrons. The molecule has 1 N–H and O–H groups in total. The molecular weight excluding hydrogens is 278 g/mol. The third-order valence-corrected chi connectivity index (χ3v) is 2.85. The number of nitrogens with one attached hydrogen (secondary N) is 1. The fraction of sp³-hybridized carbons (Fsp3) is 0.231. The molecule has 0 saturated carbocycles. The molecule has 6 nitrogen and oxygen atoms in total. The summed E-state index contributed by atoms with van der Waals surface area (Å²) in [6, 6.07) is 5.11. The van der Waals surface area contributed by atoms with E-state index in [1.807, 2.05) is 13.0 Å². The Morgan fingerprint density at radius 2 is 2.30 bits per heavy atom. The Bertz CT molecular complexity index is 701. The van der Waals surface area contributed by atoms with Gasteiger partial charge >= 0.3 is 0 Å². The second kappa shape index (κ2) is 5.72. The molecule has 0 bridgehead atoms. The van der Waals surface area contributed by atoms with Gasteiger partial charge < -0.3 is 5.32 Å². The Balaban J connectivity index is 2.28. The molecular formula is C13H12ClN5O. The van der Waals surface area contributed by atoms with E-state index < -0.39 is 0 Å². The number of nitrogens with zero attached hydrogens (tertiary/aromatic N) is 4. The van der Waals surface area contributed by atoms with Gasteiger partial charge in [-0.1, -0.05) is 18.5 Å². The van der Waals surface area contributed by atoms with Crippen LogP contribution in [0.2, 0.25) is 5.15 Å². The maximum absolute atomic E-state index is 12.2. The van der Waals surface area contributed by atoms with E-state index in [0.717, 1.165) is 5.69 Å². The fourth-order valence-electron chi connectivity index (χ4n) is 1.71. The number of aromatic nitrogens is 3. The quantitative estimate of drug-likeness (QED) is 0.878. The van der Waals surface area contributed by atoms with Gasteiger partial charge in [-0.3, -0.25) is 9.48 Å². The lowest BCUT2D eigenvalue weighted by atomic mass is 10.2. The molecule has 0 aliphatic rings. The summed E-state index contributed by atoms with van der Waals surface area (Å²) in [6.45, 7) is 1.92. The largest absolute Gasteiger partial charge is 0.304 e. The molecule has 0 spiro atoms. The number of aryl methyl sites for hydroxylation is 2. The Morgan fingerprint density at radius 1 is 1.55 bits per heavy atom. The van der Waals surface area contributed by atoms with E-state index >= 15 is 0 Å². The Labute approximate surface area is 121 Å². The van der Waals surface area contributed by atoms with E-state index in [1.165, 1.54) is 16.9 Å². The highest BCUT2D eigenvalue weighted by atomic mass is 35.5. The lowest BCUT2D eigenvalue weighted by Crippen LogP contribution is -2.14. The monoisotopic (exact) mass is 289 g/mol. The van der Waals surface area contributed by atoms with Crippen LogP contribution >= 0.6 is 11.6 Å². The van der Waals surface area contributed by atoms with Crippen molar-refractivity contribution in [2.45, 2.75) is 13.3 Å². The second-order valence-electron chi connectivity index (χ2n) is 4.15. The van der Waals surface area contributed by atoms with Crippen molar-refractivity contribution in [3.63, 3.8) is 0 Å². The lowest BCUT2D eigenvalue weighted by molar-refractivity contribution is 0.102. The predicted octanol–water partition coefficient (Wildman–Crippen LogP) is 2.15. The maximum Gasteiger partial charge on any atom is 0.257 e. The average molecular weight is 290 g/mol. The zero-order valence-corrected chi connectivity index (χ0v) is 11.8. The molecule has 2 aromatic rings. The number of hydrogen-bond acceptors (Lipinski definition) is 4. The van der Waals surface area contributed by atoms with Crippen LogP contribution in [0.25, 0.3) is 0 Å². The van der Waals surface area contributed by atoms with E-state index in [-0.39, 0.29) is 16.9 Å². The maximum atomic E-state index is 12.2. The molecule has 0 atom stereocenters. The van der Waals surface area contributed by atoms with E-state index in [2.05, 4.69) is 15.4 Å². The van der Waals surface area contributed by atoms with Crippen molar-refractivity contribution in [1.29, 1.82) is 5.26 Å². The smallest absolute Gasteiger partial charge is 0.257 e. The summed E-state index contributed by atoms with van der Waals surface area (Å²) in [6.07, 6.45) is 2.21. The summed E-state index contributed by atoms with van der Waals surface area (Å²) >= 11 is 5.88. The van der Waals surface area contributed by atoms with Crippen molar-refractivity contribution in [2.24, 2.45) is 7.05 Å². The highest BCUT2D eigenvalue weighted by Gasteiger charge is 2.14. The van der Waals surface area contributed by atoms with Crippen molar-refractivity contribution in [1.82, 2.24) is 14.8 Å². The number of carbonyl (C=O) groups is 1. The van der Waals surface area contributed by atoms with Crippen molar-refractivity contribution >= 4 is 23.3 Å². The normalized spacial score (nSPS) is 10.1. The molecule has 20 heavy (non-hydrogen) atoms. The Morgan fingerprint density at radius 3 is 2.95 bits per heavy atom. The number of anilines is 1. The van der Waals surface area contributed by atoms with Crippen molar-refractivity contribution in [3.05, 3.63) is 40.3 Å². The number of halogens is 1. The number of hydrogen-bond donors (Lipinski definition) is 1. The number of rotatable bonds is 3. The van der Waals surface area contributed by atoms with Gasteiger partial charge in [-0.2, -0.15) is 10.4 Å².